The number of rotatable bonds is 4. The van der Waals surface area contributed by atoms with E-state index in [4.69, 9.17) is 18.9 Å². The Kier molecular flexibility index (Phi) is 3.41. The number of nitrogens with zero attached hydrogens (tertiary/aromatic N) is 1. The fraction of sp³-hybridized carbons (Fsp3) is 0.200. The number of anilines is 1. The van der Waals surface area contributed by atoms with Crippen molar-refractivity contribution in [2.75, 3.05) is 12.1 Å². The van der Waals surface area contributed by atoms with Crippen molar-refractivity contribution in [2.24, 2.45) is 0 Å². The monoisotopic (exact) mass is 348 g/mol. The van der Waals surface area contributed by atoms with Gasteiger partial charge in [0.05, 0.1) is 11.9 Å². The van der Waals surface area contributed by atoms with E-state index in [1.807, 2.05) is 42.5 Å². The molecule has 0 spiro atoms. The molecule has 2 aromatic heterocycles. The number of fused-ring (bicyclic) bond motifs is 4. The van der Waals surface area contributed by atoms with E-state index in [1.165, 1.54) is 0 Å². The van der Waals surface area contributed by atoms with Gasteiger partial charge in [0.25, 0.3) is 5.82 Å². The maximum Gasteiger partial charge on any atom is 0.267 e. The Hall–Kier alpha value is -3.28. The first kappa shape index (κ1) is 15.0. The highest BCUT2D eigenvalue weighted by molar-refractivity contribution is 6.04. The largest absolute Gasteiger partial charge is 0.454 e. The first-order valence-corrected chi connectivity index (χ1v) is 8.67. The zero-order valence-corrected chi connectivity index (χ0v) is 14.3. The lowest BCUT2D eigenvalue weighted by molar-refractivity contribution is -0.377. The van der Waals surface area contributed by atoms with Crippen molar-refractivity contribution in [3.8, 4) is 11.5 Å². The summed E-state index contributed by atoms with van der Waals surface area (Å²) in [7, 11) is 0. The van der Waals surface area contributed by atoms with Crippen LogP contribution in [0.25, 0.3) is 22.1 Å². The quantitative estimate of drug-likeness (QED) is 0.609. The van der Waals surface area contributed by atoms with Crippen LogP contribution in [0, 0.1) is 0 Å². The molecule has 1 aliphatic heterocycles. The summed E-state index contributed by atoms with van der Waals surface area (Å²) in [5, 5.41) is 4.47. The average molecular weight is 348 g/mol. The van der Waals surface area contributed by atoms with Gasteiger partial charge in [0.2, 0.25) is 18.2 Å². The van der Waals surface area contributed by atoms with Gasteiger partial charge in [0.1, 0.15) is 5.58 Å². The second-order valence-electron chi connectivity index (χ2n) is 6.23. The minimum Gasteiger partial charge on any atom is -0.454 e. The summed E-state index contributed by atoms with van der Waals surface area (Å²) in [6.07, 6.45) is 0.814. The van der Waals surface area contributed by atoms with Crippen LogP contribution in [0.2, 0.25) is 0 Å². The molecule has 2 aromatic carbocycles. The van der Waals surface area contributed by atoms with Gasteiger partial charge in [-0.2, -0.15) is 0 Å². The summed E-state index contributed by atoms with van der Waals surface area (Å²) in [4.78, 5) is 8.07. The predicted octanol–water partition coefficient (Wildman–Crippen LogP) is 3.70. The molecule has 0 saturated heterocycles. The van der Waals surface area contributed by atoms with Crippen LogP contribution >= 0.6 is 0 Å². The number of benzene rings is 2. The number of hydrogen-bond donors (Lipinski definition) is 1. The van der Waals surface area contributed by atoms with Crippen molar-refractivity contribution in [3.05, 3.63) is 53.9 Å². The van der Waals surface area contributed by atoms with Gasteiger partial charge in [-0.15, -0.1) is 4.98 Å². The molecule has 130 valence electrons. The Morgan fingerprint density at radius 1 is 1.12 bits per heavy atom. The summed E-state index contributed by atoms with van der Waals surface area (Å²) < 4.78 is 16.9. The molecule has 6 heteroatoms. The highest BCUT2D eigenvalue weighted by Gasteiger charge is 2.20. The molecule has 26 heavy (non-hydrogen) atoms. The van der Waals surface area contributed by atoms with Crippen molar-refractivity contribution < 1.29 is 18.9 Å². The van der Waals surface area contributed by atoms with Crippen LogP contribution < -0.4 is 19.8 Å². The van der Waals surface area contributed by atoms with Gasteiger partial charge >= 0.3 is 0 Å². The third-order valence-corrected chi connectivity index (χ3v) is 4.55. The summed E-state index contributed by atoms with van der Waals surface area (Å²) >= 11 is 0. The molecule has 2 N–H and O–H groups in total. The zero-order chi connectivity index (χ0) is 17.5. The first-order valence-electron chi connectivity index (χ1n) is 8.67. The molecule has 0 fully saturated rings. The van der Waals surface area contributed by atoms with Gasteiger partial charge < -0.3 is 13.9 Å². The molecule has 0 amide bonds. The number of hydrogen-bond acceptors (Lipinski definition) is 5. The molecular weight excluding hydrogens is 330 g/mol. The van der Waals surface area contributed by atoms with E-state index in [2.05, 4.69) is 17.2 Å². The number of para-hydroxylation sites is 1. The van der Waals surface area contributed by atoms with Gasteiger partial charge in [0, 0.05) is 6.42 Å². The molecule has 0 radical (unpaired) electrons. The van der Waals surface area contributed by atoms with Gasteiger partial charge in [-0.25, -0.2) is 4.98 Å². The van der Waals surface area contributed by atoms with E-state index in [-0.39, 0.29) is 6.79 Å². The van der Waals surface area contributed by atoms with Crippen molar-refractivity contribution >= 4 is 27.9 Å². The summed E-state index contributed by atoms with van der Waals surface area (Å²) in [6.45, 7) is 2.99. The Morgan fingerprint density at radius 2 is 2.00 bits per heavy atom. The first-order chi connectivity index (χ1) is 12.8. The number of furan rings is 1. The summed E-state index contributed by atoms with van der Waals surface area (Å²) in [5.41, 5.74) is 3.55. The van der Waals surface area contributed by atoms with Gasteiger partial charge in [-0.3, -0.25) is 5.32 Å². The zero-order valence-electron chi connectivity index (χ0n) is 14.3. The van der Waals surface area contributed by atoms with Crippen molar-refractivity contribution in [1.29, 1.82) is 0 Å². The maximum atomic E-state index is 6.04. The highest BCUT2D eigenvalue weighted by atomic mass is 16.7. The van der Waals surface area contributed by atoms with E-state index in [0.29, 0.717) is 6.54 Å². The van der Waals surface area contributed by atoms with E-state index >= 15 is 0 Å². The number of H-pyrrole nitrogens is 1. The van der Waals surface area contributed by atoms with Crippen LogP contribution in [0.15, 0.2) is 46.9 Å². The van der Waals surface area contributed by atoms with E-state index in [1.54, 1.807) is 0 Å². The Balaban J connectivity index is 1.53. The number of nitrogens with one attached hydrogen (secondary N) is 2. The third kappa shape index (κ3) is 2.42. The van der Waals surface area contributed by atoms with E-state index in [0.717, 1.165) is 57.2 Å². The minimum absolute atomic E-state index is 0.282. The number of aromatic amines is 1. The second kappa shape index (κ2) is 5.91. The Morgan fingerprint density at radius 3 is 2.92 bits per heavy atom. The van der Waals surface area contributed by atoms with Crippen LogP contribution in [0.3, 0.4) is 0 Å². The normalized spacial score (nSPS) is 12.8. The Bertz CT molecular complexity index is 1120. The van der Waals surface area contributed by atoms with Crippen molar-refractivity contribution in [1.82, 2.24) is 4.98 Å². The SMILES string of the molecule is CCc1nc2c(oc3ccccc32)c(NCc2ccc3c(c2)OCO3)[nH+]1. The lowest BCUT2D eigenvalue weighted by Crippen LogP contribution is -2.19. The fourth-order valence-electron chi connectivity index (χ4n) is 3.21. The van der Waals surface area contributed by atoms with Gasteiger partial charge in [-0.05, 0) is 29.8 Å². The molecule has 0 bridgehead atoms. The number of aryl methyl sites for hydroxylation is 1. The average Bonchev–Trinajstić information content (AvgIpc) is 3.29. The molecule has 4 aromatic rings. The van der Waals surface area contributed by atoms with Crippen molar-refractivity contribution in [3.63, 3.8) is 0 Å². The molecule has 0 aliphatic carbocycles. The lowest BCUT2D eigenvalue weighted by Gasteiger charge is -2.04. The molecule has 1 aliphatic rings. The van der Waals surface area contributed by atoms with Crippen LogP contribution in [0.1, 0.15) is 18.3 Å². The third-order valence-electron chi connectivity index (χ3n) is 4.55. The summed E-state index contributed by atoms with van der Waals surface area (Å²) in [6, 6.07) is 13.9. The van der Waals surface area contributed by atoms with Gasteiger partial charge in [-0.1, -0.05) is 25.1 Å². The standard InChI is InChI=1S/C20H17N3O3/c1-2-17-22-18-13-5-3-4-6-14(13)26-19(18)20(23-17)21-10-12-7-8-15-16(9-12)25-11-24-15/h3-9H,2,10-11H2,1H3,(H,21,22,23)/p+1. The van der Waals surface area contributed by atoms with Crippen LogP contribution in [0.4, 0.5) is 5.82 Å². The second-order valence-corrected chi connectivity index (χ2v) is 6.23. The smallest absolute Gasteiger partial charge is 0.267 e. The van der Waals surface area contributed by atoms with Crippen LogP contribution in [-0.4, -0.2) is 11.8 Å². The lowest BCUT2D eigenvalue weighted by atomic mass is 10.2. The fourth-order valence-corrected chi connectivity index (χ4v) is 3.21. The molecule has 0 atom stereocenters. The van der Waals surface area contributed by atoms with Crippen LogP contribution in [0.5, 0.6) is 11.5 Å². The molecule has 3 heterocycles. The van der Waals surface area contributed by atoms with Crippen molar-refractivity contribution in [2.45, 2.75) is 19.9 Å². The number of ether oxygens (including phenoxy) is 2. The topological polar surface area (TPSA) is 70.7 Å². The minimum atomic E-state index is 0.282. The van der Waals surface area contributed by atoms with Gasteiger partial charge in [0.15, 0.2) is 17.0 Å². The van der Waals surface area contributed by atoms with E-state index < -0.39 is 0 Å². The predicted molar refractivity (Wildman–Crippen MR) is 97.3 cm³/mol. The molecule has 0 saturated carbocycles. The summed E-state index contributed by atoms with van der Waals surface area (Å²) in [5.74, 6) is 3.32. The molecular formula is C20H18N3O3+. The number of aromatic nitrogens is 2. The van der Waals surface area contributed by atoms with Crippen LogP contribution in [-0.2, 0) is 13.0 Å². The Labute approximate surface area is 149 Å². The highest BCUT2D eigenvalue weighted by Crippen LogP contribution is 2.33. The maximum absolute atomic E-state index is 6.04. The molecule has 0 unspecified atom stereocenters. The molecule has 6 nitrogen and oxygen atoms in total. The van der Waals surface area contributed by atoms with E-state index in [9.17, 15) is 0 Å². The molecule has 5 rings (SSSR count).